The van der Waals surface area contributed by atoms with E-state index in [2.05, 4.69) is 5.32 Å². The normalized spacial score (nSPS) is 21.9. The fraction of sp³-hybridized carbons (Fsp3) is 0.474. The number of ether oxygens (including phenoxy) is 1. The Bertz CT molecular complexity index is 947. The van der Waals surface area contributed by atoms with Gasteiger partial charge in [-0.1, -0.05) is 0 Å². The highest BCUT2D eigenvalue weighted by Crippen LogP contribution is 2.35. The topological polar surface area (TPSA) is 80.6 Å². The summed E-state index contributed by atoms with van der Waals surface area (Å²) in [6, 6.07) is 2.44. The number of aromatic hydroxyl groups is 1. The lowest BCUT2D eigenvalue weighted by molar-refractivity contribution is 0.0854. The summed E-state index contributed by atoms with van der Waals surface area (Å²) in [5.74, 6) is -1.61. The molecule has 0 unspecified atom stereocenters. The van der Waals surface area contributed by atoms with Crippen molar-refractivity contribution in [3.05, 3.63) is 39.4 Å². The molecule has 138 valence electrons. The zero-order valence-corrected chi connectivity index (χ0v) is 14.5. The van der Waals surface area contributed by atoms with Crippen molar-refractivity contribution in [3.63, 3.8) is 0 Å². The molecular weight excluding hydrogens is 339 g/mol. The number of carbonyl (C=O) groups excluding carboxylic acids is 1. The summed E-state index contributed by atoms with van der Waals surface area (Å²) >= 11 is 0. The Hall–Kier alpha value is -2.41. The molecular formula is C19H21FN2O4. The quantitative estimate of drug-likeness (QED) is 0.880. The van der Waals surface area contributed by atoms with Gasteiger partial charge in [0.2, 0.25) is 0 Å². The van der Waals surface area contributed by atoms with Crippen molar-refractivity contribution in [2.45, 2.75) is 44.8 Å². The highest BCUT2D eigenvalue weighted by Gasteiger charge is 2.29. The van der Waals surface area contributed by atoms with Gasteiger partial charge in [-0.2, -0.15) is 0 Å². The highest BCUT2D eigenvalue weighted by molar-refractivity contribution is 6.03. The summed E-state index contributed by atoms with van der Waals surface area (Å²) in [5.41, 5.74) is 0.320. The molecule has 2 aliphatic heterocycles. The summed E-state index contributed by atoms with van der Waals surface area (Å²) in [7, 11) is 0. The summed E-state index contributed by atoms with van der Waals surface area (Å²) in [6.45, 7) is 2.83. The predicted molar refractivity (Wildman–Crippen MR) is 94.2 cm³/mol. The molecule has 4 rings (SSSR count). The van der Waals surface area contributed by atoms with E-state index in [1.54, 1.807) is 0 Å². The fourth-order valence-corrected chi connectivity index (χ4v) is 3.99. The third-order valence-corrected chi connectivity index (χ3v) is 5.33. The van der Waals surface area contributed by atoms with Gasteiger partial charge >= 0.3 is 0 Å². The van der Waals surface area contributed by atoms with Crippen molar-refractivity contribution in [1.82, 2.24) is 9.88 Å². The van der Waals surface area contributed by atoms with Crippen molar-refractivity contribution >= 4 is 16.8 Å². The van der Waals surface area contributed by atoms with Gasteiger partial charge in [-0.3, -0.25) is 9.59 Å². The van der Waals surface area contributed by atoms with Gasteiger partial charge < -0.3 is 19.7 Å². The van der Waals surface area contributed by atoms with Crippen LogP contribution in [0.1, 0.15) is 48.1 Å². The second-order valence-corrected chi connectivity index (χ2v) is 7.09. The van der Waals surface area contributed by atoms with E-state index in [9.17, 15) is 19.1 Å². The minimum atomic E-state index is -0.655. The average Bonchev–Trinajstić information content (AvgIpc) is 3.12. The van der Waals surface area contributed by atoms with Crippen LogP contribution in [0.4, 0.5) is 4.39 Å². The number of nitrogens with zero attached hydrogens (tertiary/aromatic N) is 1. The largest absolute Gasteiger partial charge is 0.506 e. The Morgan fingerprint density at radius 3 is 2.96 bits per heavy atom. The van der Waals surface area contributed by atoms with E-state index in [-0.39, 0.29) is 29.6 Å². The number of hydrogen-bond acceptors (Lipinski definition) is 4. The van der Waals surface area contributed by atoms with E-state index in [1.165, 1.54) is 16.7 Å². The molecule has 2 N–H and O–H groups in total. The van der Waals surface area contributed by atoms with Crippen LogP contribution in [0.2, 0.25) is 0 Å². The monoisotopic (exact) mass is 360 g/mol. The number of carbonyl (C=O) groups is 1. The molecule has 1 aromatic carbocycles. The summed E-state index contributed by atoms with van der Waals surface area (Å²) in [5, 5.41) is 13.5. The molecule has 26 heavy (non-hydrogen) atoms. The molecule has 7 heteroatoms. The maximum absolute atomic E-state index is 14.0. The predicted octanol–water partition coefficient (Wildman–Crippen LogP) is 2.26. The molecule has 1 saturated heterocycles. The maximum atomic E-state index is 14.0. The molecule has 6 nitrogen and oxygen atoms in total. The van der Waals surface area contributed by atoms with E-state index < -0.39 is 23.0 Å². The van der Waals surface area contributed by atoms with Crippen molar-refractivity contribution in [2.24, 2.45) is 0 Å². The van der Waals surface area contributed by atoms with E-state index in [0.29, 0.717) is 30.5 Å². The lowest BCUT2D eigenvalue weighted by Crippen LogP contribution is -2.38. The van der Waals surface area contributed by atoms with Crippen molar-refractivity contribution in [1.29, 1.82) is 0 Å². The first-order chi connectivity index (χ1) is 12.5. The number of nitrogens with one attached hydrogen (secondary N) is 1. The molecule has 0 saturated carbocycles. The van der Waals surface area contributed by atoms with Crippen LogP contribution in [-0.2, 0) is 11.2 Å². The standard InChI is InChI=1S/C19H21FN2O4/c1-10-4-5-11-7-12(20)8-14-16(11)22(10)19(25)15(17(14)23)18(24)21-9-13-3-2-6-26-13/h7-8,10,13,23H,2-6,9H2,1H3,(H,21,24)/t10-,13-/m1/s1. The van der Waals surface area contributed by atoms with E-state index in [0.717, 1.165) is 12.8 Å². The SMILES string of the molecule is C[C@@H]1CCc2cc(F)cc3c(O)c(C(=O)NC[C@H]4CCCO4)c(=O)n1c23. The zero-order chi connectivity index (χ0) is 18.4. The van der Waals surface area contributed by atoms with Crippen molar-refractivity contribution in [3.8, 4) is 5.75 Å². The van der Waals surface area contributed by atoms with Crippen LogP contribution in [0, 0.1) is 5.82 Å². The molecule has 0 bridgehead atoms. The number of hydrogen-bond donors (Lipinski definition) is 2. The van der Waals surface area contributed by atoms with Crippen LogP contribution in [0.25, 0.3) is 10.9 Å². The summed E-state index contributed by atoms with van der Waals surface area (Å²) in [6.07, 6.45) is 3.01. The second kappa shape index (κ2) is 6.39. The van der Waals surface area contributed by atoms with Crippen LogP contribution in [0.5, 0.6) is 5.75 Å². The molecule has 0 radical (unpaired) electrons. The zero-order valence-electron chi connectivity index (χ0n) is 14.5. The molecule has 2 aromatic rings. The van der Waals surface area contributed by atoms with Crippen LogP contribution < -0.4 is 10.9 Å². The number of aromatic nitrogens is 1. The molecule has 1 amide bonds. The minimum absolute atomic E-state index is 0.0781. The first kappa shape index (κ1) is 17.0. The number of pyridine rings is 1. The Kier molecular flexibility index (Phi) is 4.19. The van der Waals surface area contributed by atoms with Crippen LogP contribution in [-0.4, -0.2) is 34.8 Å². The minimum Gasteiger partial charge on any atom is -0.506 e. The number of halogens is 1. The van der Waals surface area contributed by atoms with Crippen LogP contribution in [0.15, 0.2) is 16.9 Å². The molecule has 0 aliphatic carbocycles. The Balaban J connectivity index is 1.82. The molecule has 1 fully saturated rings. The van der Waals surface area contributed by atoms with Crippen LogP contribution in [0.3, 0.4) is 0 Å². The first-order valence-corrected chi connectivity index (χ1v) is 8.96. The van der Waals surface area contributed by atoms with E-state index in [4.69, 9.17) is 4.74 Å². The molecule has 2 atom stereocenters. The first-order valence-electron chi connectivity index (χ1n) is 8.96. The molecule has 1 aromatic heterocycles. The molecule has 0 spiro atoms. The summed E-state index contributed by atoms with van der Waals surface area (Å²) < 4.78 is 21.0. The van der Waals surface area contributed by atoms with Gasteiger partial charge in [-0.15, -0.1) is 0 Å². The van der Waals surface area contributed by atoms with Crippen molar-refractivity contribution < 1.29 is 19.0 Å². The second-order valence-electron chi connectivity index (χ2n) is 7.09. The van der Waals surface area contributed by atoms with Gasteiger partial charge in [0, 0.05) is 24.6 Å². The van der Waals surface area contributed by atoms with Gasteiger partial charge in [0.25, 0.3) is 11.5 Å². The van der Waals surface area contributed by atoms with Gasteiger partial charge in [-0.25, -0.2) is 4.39 Å². The van der Waals surface area contributed by atoms with Gasteiger partial charge in [0.15, 0.2) is 0 Å². The van der Waals surface area contributed by atoms with Gasteiger partial charge in [0.1, 0.15) is 17.1 Å². The molecule has 2 aliphatic rings. The number of rotatable bonds is 3. The third kappa shape index (κ3) is 2.67. The number of amides is 1. The van der Waals surface area contributed by atoms with E-state index in [1.807, 2.05) is 6.92 Å². The van der Waals surface area contributed by atoms with Gasteiger partial charge in [-0.05, 0) is 50.3 Å². The fourth-order valence-electron chi connectivity index (χ4n) is 3.99. The number of benzene rings is 1. The lowest BCUT2D eigenvalue weighted by Gasteiger charge is -2.26. The third-order valence-electron chi connectivity index (χ3n) is 5.33. The van der Waals surface area contributed by atoms with Crippen LogP contribution >= 0.6 is 0 Å². The Labute approximate surface area is 149 Å². The number of aryl methyl sites for hydroxylation is 1. The van der Waals surface area contributed by atoms with Gasteiger partial charge in [0.05, 0.1) is 11.6 Å². The smallest absolute Gasteiger partial charge is 0.267 e. The lowest BCUT2D eigenvalue weighted by atomic mass is 9.95. The highest BCUT2D eigenvalue weighted by atomic mass is 19.1. The molecule has 3 heterocycles. The Morgan fingerprint density at radius 2 is 2.23 bits per heavy atom. The van der Waals surface area contributed by atoms with Crippen molar-refractivity contribution in [2.75, 3.05) is 13.2 Å². The van der Waals surface area contributed by atoms with E-state index >= 15 is 0 Å². The Morgan fingerprint density at radius 1 is 1.42 bits per heavy atom. The summed E-state index contributed by atoms with van der Waals surface area (Å²) in [4.78, 5) is 25.6. The average molecular weight is 360 g/mol. The maximum Gasteiger partial charge on any atom is 0.267 e.